The Morgan fingerprint density at radius 3 is 2.00 bits per heavy atom. The number of quaternary nitrogens is 1. The number of hydrogen-bond donors (Lipinski definition) is 1. The fourth-order valence-electron chi connectivity index (χ4n) is 2.12. The number of sulfonamides is 2. The molecule has 1 heterocycles. The van der Waals surface area contributed by atoms with Gasteiger partial charge in [-0.15, -0.1) is 4.72 Å². The second-order valence-electron chi connectivity index (χ2n) is 5.09. The topological polar surface area (TPSA) is 80.3 Å². The van der Waals surface area contributed by atoms with Crippen molar-refractivity contribution in [3.8, 4) is 0 Å². The van der Waals surface area contributed by atoms with E-state index in [4.69, 9.17) is 0 Å². The first kappa shape index (κ1) is 21.9. The molecule has 146 valence electrons. The van der Waals surface area contributed by atoms with Crippen LogP contribution in [-0.2, 0) is 20.0 Å². The van der Waals surface area contributed by atoms with Crippen LogP contribution in [0.25, 0.3) is 0 Å². The molecule has 0 aromatic carbocycles. The Morgan fingerprint density at radius 2 is 1.56 bits per heavy atom. The molecule has 0 radical (unpaired) electrons. The van der Waals surface area contributed by atoms with Gasteiger partial charge in [-0.05, 0) is 18.6 Å². The summed E-state index contributed by atoms with van der Waals surface area (Å²) in [5, 5.41) is 0. The lowest BCUT2D eigenvalue weighted by Crippen LogP contribution is -2.65. The third-order valence-electron chi connectivity index (χ3n) is 3.40. The van der Waals surface area contributed by atoms with E-state index in [2.05, 4.69) is 0 Å². The molecule has 0 bridgehead atoms. The average Bonchev–Trinajstić information content (AvgIpc) is 2.43. The predicted octanol–water partition coefficient (Wildman–Crippen LogP) is 2.30. The van der Waals surface area contributed by atoms with E-state index in [1.54, 1.807) is 0 Å². The lowest BCUT2D eigenvalue weighted by atomic mass is 10.2. The number of hydrogen-bond acceptors (Lipinski definition) is 4. The van der Waals surface area contributed by atoms with Gasteiger partial charge in [0, 0.05) is 0 Å². The van der Waals surface area contributed by atoms with E-state index in [0.29, 0.717) is 12.3 Å². The molecule has 1 rings (SSSR count). The van der Waals surface area contributed by atoms with E-state index in [9.17, 15) is 43.2 Å². The molecule has 0 fully saturated rings. The minimum atomic E-state index is -6.10. The van der Waals surface area contributed by atoms with Crippen LogP contribution >= 0.6 is 0 Å². The van der Waals surface area contributed by atoms with Crippen molar-refractivity contribution >= 4 is 20.0 Å². The first-order chi connectivity index (χ1) is 11.1. The van der Waals surface area contributed by atoms with E-state index in [-0.39, 0.29) is 12.8 Å². The van der Waals surface area contributed by atoms with Crippen LogP contribution < -0.4 is 4.72 Å². The van der Waals surface area contributed by atoms with Crippen LogP contribution in [0.4, 0.5) is 26.3 Å². The standard InChI is InChI=1S/C11H15F6N2O4S2/c1-2-3-7-19(25(22,23)11(15,16)17)8-5-4-6-9(19)18-24(20,21)10(12,13)14/h4-6,8-9,18H,2-3,7H2,1H3/q+1. The van der Waals surface area contributed by atoms with E-state index >= 15 is 0 Å². The molecule has 0 aromatic rings. The van der Waals surface area contributed by atoms with Gasteiger partial charge in [0.2, 0.25) is 0 Å². The SMILES string of the molecule is CCCC[N+]1(S(=O)(=O)C(F)(F)F)C=CC=CC1NS(=O)(=O)C(F)(F)F. The van der Waals surface area contributed by atoms with E-state index in [1.807, 2.05) is 0 Å². The molecule has 14 heteroatoms. The Labute approximate surface area is 140 Å². The molecule has 1 aliphatic heterocycles. The van der Waals surface area contributed by atoms with Crippen LogP contribution in [0, 0.1) is 0 Å². The van der Waals surface area contributed by atoms with Gasteiger partial charge in [0.25, 0.3) is 0 Å². The van der Waals surface area contributed by atoms with Gasteiger partial charge in [-0.3, -0.25) is 0 Å². The Kier molecular flexibility index (Phi) is 6.04. The summed E-state index contributed by atoms with van der Waals surface area (Å²) in [6, 6.07) is 0. The molecular weight excluding hydrogens is 402 g/mol. The smallest absolute Gasteiger partial charge is 0.203 e. The Balaban J connectivity index is 3.53. The van der Waals surface area contributed by atoms with Gasteiger partial charge >= 0.3 is 31.1 Å². The third kappa shape index (κ3) is 4.01. The second kappa shape index (κ2) is 6.89. The van der Waals surface area contributed by atoms with Gasteiger partial charge < -0.3 is 0 Å². The summed E-state index contributed by atoms with van der Waals surface area (Å²) >= 11 is 0. The van der Waals surface area contributed by atoms with Gasteiger partial charge in [-0.25, -0.2) is 8.42 Å². The first-order valence-corrected chi connectivity index (χ1v) is 9.68. The van der Waals surface area contributed by atoms with Crippen molar-refractivity contribution in [2.45, 2.75) is 36.9 Å². The maximum Gasteiger partial charge on any atom is 0.549 e. The summed E-state index contributed by atoms with van der Waals surface area (Å²) in [5.74, 6) is 0. The lowest BCUT2D eigenvalue weighted by Gasteiger charge is -2.39. The molecule has 0 amide bonds. The van der Waals surface area contributed by atoms with Gasteiger partial charge in [-0.1, -0.05) is 19.4 Å². The van der Waals surface area contributed by atoms with Crippen molar-refractivity contribution in [1.29, 1.82) is 0 Å². The molecule has 0 saturated carbocycles. The van der Waals surface area contributed by atoms with Crippen molar-refractivity contribution in [3.05, 3.63) is 24.4 Å². The summed E-state index contributed by atoms with van der Waals surface area (Å²) in [6.45, 7) is 0.749. The van der Waals surface area contributed by atoms with Crippen LogP contribution in [0.2, 0.25) is 0 Å². The van der Waals surface area contributed by atoms with E-state index < -0.39 is 47.7 Å². The summed E-state index contributed by atoms with van der Waals surface area (Å²) < 4.78 is 122. The Morgan fingerprint density at radius 1 is 1.00 bits per heavy atom. The summed E-state index contributed by atoms with van der Waals surface area (Å²) in [6.07, 6.45) is 0.788. The Hall–Kier alpha value is -1.12. The number of nitrogens with zero attached hydrogens (tertiary/aromatic N) is 1. The van der Waals surface area contributed by atoms with Crippen molar-refractivity contribution in [1.82, 2.24) is 4.72 Å². The van der Waals surface area contributed by atoms with Crippen LogP contribution in [0.1, 0.15) is 19.8 Å². The number of nitrogens with one attached hydrogen (secondary N) is 1. The molecule has 2 unspecified atom stereocenters. The summed E-state index contributed by atoms with van der Waals surface area (Å²) in [7, 11) is -12.2. The molecule has 2 atom stereocenters. The number of halogens is 6. The van der Waals surface area contributed by atoms with Gasteiger partial charge in [0.05, 0.1) is 6.54 Å². The number of unbranched alkanes of at least 4 members (excludes halogenated alkanes) is 1. The van der Waals surface area contributed by atoms with Crippen molar-refractivity contribution in [3.63, 3.8) is 0 Å². The molecule has 0 spiro atoms. The molecular formula is C11H15F6N2O4S2+. The number of allylic oxidation sites excluding steroid dienone is 2. The second-order valence-corrected chi connectivity index (χ2v) is 8.89. The number of rotatable bonds is 6. The summed E-state index contributed by atoms with van der Waals surface area (Å²) in [5.41, 5.74) is -11.6. The van der Waals surface area contributed by atoms with Gasteiger partial charge in [0.1, 0.15) is 6.20 Å². The molecule has 1 N–H and O–H groups in total. The monoisotopic (exact) mass is 417 g/mol. The van der Waals surface area contributed by atoms with Crippen LogP contribution in [0.5, 0.6) is 0 Å². The third-order valence-corrected chi connectivity index (χ3v) is 6.57. The van der Waals surface area contributed by atoms with Crippen molar-refractivity contribution in [2.75, 3.05) is 6.54 Å². The van der Waals surface area contributed by atoms with Gasteiger partial charge in [-0.2, -0.15) is 38.6 Å². The normalized spacial score (nSPS) is 25.3. The highest BCUT2D eigenvalue weighted by Gasteiger charge is 2.64. The summed E-state index contributed by atoms with van der Waals surface area (Å²) in [4.78, 5) is 0. The van der Waals surface area contributed by atoms with E-state index in [0.717, 1.165) is 16.9 Å². The zero-order valence-corrected chi connectivity index (χ0v) is 14.3. The van der Waals surface area contributed by atoms with Crippen molar-refractivity contribution < 1.29 is 47.1 Å². The maximum atomic E-state index is 13.1. The van der Waals surface area contributed by atoms with Crippen LogP contribution in [0.3, 0.4) is 0 Å². The van der Waals surface area contributed by atoms with Crippen molar-refractivity contribution in [2.24, 2.45) is 0 Å². The van der Waals surface area contributed by atoms with Crippen LogP contribution in [-0.4, -0.2) is 44.5 Å². The van der Waals surface area contributed by atoms with Gasteiger partial charge in [0.15, 0.2) is 6.17 Å². The number of alkyl halides is 6. The molecule has 1 aliphatic rings. The molecule has 25 heavy (non-hydrogen) atoms. The van der Waals surface area contributed by atoms with Crippen LogP contribution in [0.15, 0.2) is 24.4 Å². The average molecular weight is 417 g/mol. The quantitative estimate of drug-likeness (QED) is 0.531. The largest absolute Gasteiger partial charge is 0.549 e. The minimum Gasteiger partial charge on any atom is -0.203 e. The fraction of sp³-hybridized carbons (Fsp3) is 0.636. The lowest BCUT2D eigenvalue weighted by molar-refractivity contribution is -0.779. The minimum absolute atomic E-state index is 0.113. The predicted molar refractivity (Wildman–Crippen MR) is 75.2 cm³/mol. The molecule has 0 saturated heterocycles. The highest BCUT2D eigenvalue weighted by atomic mass is 32.2. The fourth-order valence-corrected chi connectivity index (χ4v) is 4.31. The first-order valence-electron chi connectivity index (χ1n) is 6.76. The highest BCUT2D eigenvalue weighted by Crippen LogP contribution is 2.38. The Bertz CT molecular complexity index is 754. The molecule has 6 nitrogen and oxygen atoms in total. The zero-order valence-electron chi connectivity index (χ0n) is 12.7. The van der Waals surface area contributed by atoms with E-state index in [1.165, 1.54) is 6.92 Å². The molecule has 0 aliphatic carbocycles. The zero-order chi connectivity index (χ0) is 19.7. The molecule has 0 aromatic heterocycles. The maximum absolute atomic E-state index is 13.1. The highest BCUT2D eigenvalue weighted by molar-refractivity contribution is 7.90.